The van der Waals surface area contributed by atoms with E-state index in [0.717, 1.165) is 42.4 Å². The van der Waals surface area contributed by atoms with Crippen molar-refractivity contribution >= 4 is 12.7 Å². The Morgan fingerprint density at radius 1 is 0.952 bits per heavy atom. The Hall–Kier alpha value is -0.880. The van der Waals surface area contributed by atoms with Crippen LogP contribution in [0.4, 0.5) is 0 Å². The second-order valence-electron chi connectivity index (χ2n) is 6.12. The molecule has 0 aliphatic heterocycles. The predicted molar refractivity (Wildman–Crippen MR) is 92.1 cm³/mol. The summed E-state index contributed by atoms with van der Waals surface area (Å²) in [5, 5.41) is 0. The van der Waals surface area contributed by atoms with E-state index in [4.69, 9.17) is 0 Å². The lowest BCUT2D eigenvalue weighted by Crippen LogP contribution is -2.11. The molecule has 1 aromatic rings. The molecule has 1 aromatic carbocycles. The molecule has 0 aromatic heterocycles. The molecule has 0 bridgehead atoms. The van der Waals surface area contributed by atoms with Crippen molar-refractivity contribution in [2.45, 2.75) is 60.3 Å². The molecule has 0 saturated carbocycles. The number of unbranched alkanes of at least 4 members (excludes halogenated alkanes) is 2. The Kier molecular flexibility index (Phi) is 6.87. The quantitative estimate of drug-likeness (QED) is 0.576. The van der Waals surface area contributed by atoms with Gasteiger partial charge in [-0.25, -0.2) is 0 Å². The Morgan fingerprint density at radius 3 is 1.76 bits per heavy atom. The highest BCUT2D eigenvalue weighted by atomic mass is 31.2. The van der Waals surface area contributed by atoms with Gasteiger partial charge in [0.2, 0.25) is 5.52 Å². The monoisotopic (exact) mass is 308 g/mol. The van der Waals surface area contributed by atoms with E-state index >= 15 is 0 Å². The summed E-state index contributed by atoms with van der Waals surface area (Å²) in [6, 6.07) is 4.04. The first-order valence-corrected chi connectivity index (χ1v) is 10.1. The Morgan fingerprint density at radius 2 is 1.38 bits per heavy atom. The lowest BCUT2D eigenvalue weighted by molar-refractivity contribution is 0.107. The molecule has 0 amide bonds. The standard InChI is InChI=1S/C18H29O2P/c1-6-8-10-21(20,11-9-7-2)18(19)17-15(4)12-14(3)13-16(17)5/h12-13H,6-11H2,1-5H3. The molecule has 0 saturated heterocycles. The SMILES string of the molecule is CCCCP(=O)(CCCC)C(=O)c1c(C)cc(C)cc1C. The van der Waals surface area contributed by atoms with Gasteiger partial charge >= 0.3 is 0 Å². The molecular formula is C18H29O2P. The van der Waals surface area contributed by atoms with Gasteiger partial charge in [-0.3, -0.25) is 4.79 Å². The van der Waals surface area contributed by atoms with Crippen molar-refractivity contribution in [3.8, 4) is 0 Å². The molecule has 1 rings (SSSR count). The molecule has 3 heteroatoms. The van der Waals surface area contributed by atoms with Gasteiger partial charge in [0.15, 0.2) is 7.14 Å². The van der Waals surface area contributed by atoms with E-state index in [1.807, 2.05) is 32.9 Å². The highest BCUT2D eigenvalue weighted by Crippen LogP contribution is 2.51. The molecule has 0 unspecified atom stereocenters. The highest BCUT2D eigenvalue weighted by Gasteiger charge is 2.32. The average molecular weight is 308 g/mol. The van der Waals surface area contributed by atoms with Crippen molar-refractivity contribution in [3.05, 3.63) is 34.4 Å². The van der Waals surface area contributed by atoms with Crippen LogP contribution in [0.3, 0.4) is 0 Å². The number of carbonyl (C=O) groups excluding carboxylic acids is 1. The van der Waals surface area contributed by atoms with Gasteiger partial charge in [0.05, 0.1) is 0 Å². The first kappa shape index (κ1) is 18.2. The van der Waals surface area contributed by atoms with Gasteiger partial charge in [-0.05, 0) is 44.7 Å². The third kappa shape index (κ3) is 4.54. The second-order valence-corrected chi connectivity index (χ2v) is 9.20. The van der Waals surface area contributed by atoms with Crippen molar-refractivity contribution < 1.29 is 9.36 Å². The van der Waals surface area contributed by atoms with Crippen molar-refractivity contribution in [1.82, 2.24) is 0 Å². The summed E-state index contributed by atoms with van der Waals surface area (Å²) in [5.74, 6) is 0. The minimum atomic E-state index is -2.77. The number of hydrogen-bond acceptors (Lipinski definition) is 2. The minimum absolute atomic E-state index is 0.0839. The Labute approximate surface area is 129 Å². The van der Waals surface area contributed by atoms with Crippen LogP contribution in [-0.4, -0.2) is 17.8 Å². The topological polar surface area (TPSA) is 34.1 Å². The van der Waals surface area contributed by atoms with E-state index < -0.39 is 7.14 Å². The van der Waals surface area contributed by atoms with Crippen molar-refractivity contribution in [3.63, 3.8) is 0 Å². The molecule has 0 aliphatic rings. The summed E-state index contributed by atoms with van der Waals surface area (Å²) < 4.78 is 13.3. The van der Waals surface area contributed by atoms with E-state index in [1.54, 1.807) is 0 Å². The van der Waals surface area contributed by atoms with Crippen LogP contribution >= 0.6 is 7.14 Å². The van der Waals surface area contributed by atoms with Crippen molar-refractivity contribution in [2.24, 2.45) is 0 Å². The molecule has 0 heterocycles. The van der Waals surface area contributed by atoms with Gasteiger partial charge in [-0.15, -0.1) is 0 Å². The zero-order valence-electron chi connectivity index (χ0n) is 14.2. The van der Waals surface area contributed by atoms with E-state index in [9.17, 15) is 9.36 Å². The molecule has 0 fully saturated rings. The van der Waals surface area contributed by atoms with Crippen LogP contribution < -0.4 is 0 Å². The third-order valence-corrected chi connectivity index (χ3v) is 7.05. The molecule has 0 atom stereocenters. The first-order valence-electron chi connectivity index (χ1n) is 8.06. The van der Waals surface area contributed by atoms with Crippen LogP contribution in [0.1, 0.15) is 66.6 Å². The summed E-state index contributed by atoms with van der Waals surface area (Å²) in [5.41, 5.74) is 3.70. The number of rotatable bonds is 8. The molecule has 0 aliphatic carbocycles. The molecule has 0 radical (unpaired) electrons. The molecule has 0 spiro atoms. The molecule has 21 heavy (non-hydrogen) atoms. The van der Waals surface area contributed by atoms with Gasteiger partial charge < -0.3 is 4.57 Å². The predicted octanol–water partition coefficient (Wildman–Crippen LogP) is 5.72. The largest absolute Gasteiger partial charge is 0.315 e. The minimum Gasteiger partial charge on any atom is -0.315 e. The maximum absolute atomic E-state index is 13.3. The maximum atomic E-state index is 13.3. The van der Waals surface area contributed by atoms with Gasteiger partial charge in [0, 0.05) is 17.9 Å². The lowest BCUT2D eigenvalue weighted by Gasteiger charge is -2.19. The van der Waals surface area contributed by atoms with Crippen LogP contribution in [0.15, 0.2) is 12.1 Å². The zero-order chi connectivity index (χ0) is 16.0. The smallest absolute Gasteiger partial charge is 0.221 e. The van der Waals surface area contributed by atoms with Crippen molar-refractivity contribution in [1.29, 1.82) is 0 Å². The summed E-state index contributed by atoms with van der Waals surface area (Å²) in [6.45, 7) is 10.1. The number of hydrogen-bond donors (Lipinski definition) is 0. The van der Waals surface area contributed by atoms with Crippen LogP contribution in [0.2, 0.25) is 0 Å². The molecule has 0 N–H and O–H groups in total. The van der Waals surface area contributed by atoms with Crippen LogP contribution in [0.25, 0.3) is 0 Å². The Balaban J connectivity index is 3.19. The number of aryl methyl sites for hydroxylation is 3. The molecule has 118 valence electrons. The lowest BCUT2D eigenvalue weighted by atomic mass is 10.0. The number of carbonyl (C=O) groups is 1. The van der Waals surface area contributed by atoms with E-state index in [-0.39, 0.29) is 5.52 Å². The average Bonchev–Trinajstić information content (AvgIpc) is 2.41. The normalized spacial score (nSPS) is 11.7. The van der Waals surface area contributed by atoms with E-state index in [2.05, 4.69) is 13.8 Å². The zero-order valence-corrected chi connectivity index (χ0v) is 15.1. The first-order chi connectivity index (χ1) is 9.85. The van der Waals surface area contributed by atoms with E-state index in [1.165, 1.54) is 0 Å². The van der Waals surface area contributed by atoms with Crippen molar-refractivity contribution in [2.75, 3.05) is 12.3 Å². The maximum Gasteiger partial charge on any atom is 0.221 e. The van der Waals surface area contributed by atoms with E-state index in [0.29, 0.717) is 17.9 Å². The van der Waals surface area contributed by atoms with Gasteiger partial charge in [-0.1, -0.05) is 44.4 Å². The fourth-order valence-corrected chi connectivity index (χ4v) is 5.91. The number of benzene rings is 1. The summed E-state index contributed by atoms with van der Waals surface area (Å²) in [4.78, 5) is 13.0. The van der Waals surface area contributed by atoms with Gasteiger partial charge in [-0.2, -0.15) is 0 Å². The summed E-state index contributed by atoms with van der Waals surface area (Å²) in [6.07, 6.45) is 4.84. The second kappa shape index (κ2) is 7.94. The van der Waals surface area contributed by atoms with Crippen LogP contribution in [0.5, 0.6) is 0 Å². The summed E-state index contributed by atoms with van der Waals surface area (Å²) in [7, 11) is -2.77. The fraction of sp³-hybridized carbons (Fsp3) is 0.611. The summed E-state index contributed by atoms with van der Waals surface area (Å²) >= 11 is 0. The molecular weight excluding hydrogens is 279 g/mol. The van der Waals surface area contributed by atoms with Crippen LogP contribution in [-0.2, 0) is 4.57 Å². The third-order valence-electron chi connectivity index (χ3n) is 4.01. The molecule has 2 nitrogen and oxygen atoms in total. The highest BCUT2D eigenvalue weighted by molar-refractivity contribution is 7.81. The Bertz CT molecular complexity index is 511. The van der Waals surface area contributed by atoms with Gasteiger partial charge in [0.25, 0.3) is 0 Å². The van der Waals surface area contributed by atoms with Crippen LogP contribution in [0, 0.1) is 20.8 Å². The van der Waals surface area contributed by atoms with Gasteiger partial charge in [0.1, 0.15) is 0 Å². The fourth-order valence-electron chi connectivity index (χ4n) is 2.86.